The number of carbonyl (C=O) groups is 2. The van der Waals surface area contributed by atoms with Gasteiger partial charge in [0.15, 0.2) is 0 Å². The van der Waals surface area contributed by atoms with E-state index in [0.29, 0.717) is 0 Å². The second kappa shape index (κ2) is 9.78. The van der Waals surface area contributed by atoms with E-state index in [4.69, 9.17) is 0 Å². The van der Waals surface area contributed by atoms with Crippen LogP contribution in [0, 0.1) is 0 Å². The standard InChI is InChI=1S/C22H20N4O2/c27-21(25-24-17-18-8-7-15-23-16-18)13-14-22(28)26(19-9-3-1-4-10-19)20-11-5-2-6-12-20/h1-12,15-17H,13-14H2,(H,25,27)/b24-17-. The zero-order chi connectivity index (χ0) is 19.6. The maximum atomic E-state index is 12.8. The summed E-state index contributed by atoms with van der Waals surface area (Å²) in [5.41, 5.74) is 4.73. The fourth-order valence-electron chi connectivity index (χ4n) is 2.61. The van der Waals surface area contributed by atoms with Crippen molar-refractivity contribution in [3.8, 4) is 0 Å². The average molecular weight is 372 g/mol. The quantitative estimate of drug-likeness (QED) is 0.508. The SMILES string of the molecule is O=C(CCC(=O)N(c1ccccc1)c1ccccc1)N/N=C\c1cccnc1. The summed E-state index contributed by atoms with van der Waals surface area (Å²) in [7, 11) is 0. The number of carbonyl (C=O) groups excluding carboxylic acids is 2. The topological polar surface area (TPSA) is 74.7 Å². The Morgan fingerprint density at radius 2 is 1.54 bits per heavy atom. The number of nitrogens with one attached hydrogen (secondary N) is 1. The van der Waals surface area contributed by atoms with Gasteiger partial charge in [-0.1, -0.05) is 42.5 Å². The van der Waals surface area contributed by atoms with Gasteiger partial charge in [0, 0.05) is 42.2 Å². The molecule has 0 atom stereocenters. The van der Waals surface area contributed by atoms with Crippen LogP contribution in [-0.2, 0) is 9.59 Å². The Labute approximate surface area is 163 Å². The molecule has 140 valence electrons. The summed E-state index contributed by atoms with van der Waals surface area (Å²) < 4.78 is 0. The number of hydrazone groups is 1. The van der Waals surface area contributed by atoms with Crippen LogP contribution in [0.4, 0.5) is 11.4 Å². The molecule has 0 aliphatic carbocycles. The Kier molecular flexibility index (Phi) is 6.62. The molecule has 28 heavy (non-hydrogen) atoms. The molecule has 6 nitrogen and oxygen atoms in total. The molecular formula is C22H20N4O2. The highest BCUT2D eigenvalue weighted by atomic mass is 16.2. The molecule has 3 aromatic rings. The van der Waals surface area contributed by atoms with E-state index in [2.05, 4.69) is 15.5 Å². The molecule has 2 aromatic carbocycles. The van der Waals surface area contributed by atoms with Crippen molar-refractivity contribution in [3.63, 3.8) is 0 Å². The third-order valence-electron chi connectivity index (χ3n) is 3.93. The van der Waals surface area contributed by atoms with Crippen molar-refractivity contribution >= 4 is 29.4 Å². The molecule has 3 rings (SSSR count). The van der Waals surface area contributed by atoms with Crippen molar-refractivity contribution in [1.29, 1.82) is 0 Å². The van der Waals surface area contributed by atoms with Crippen molar-refractivity contribution in [1.82, 2.24) is 10.4 Å². The van der Waals surface area contributed by atoms with E-state index >= 15 is 0 Å². The molecule has 1 heterocycles. The Morgan fingerprint density at radius 3 is 2.11 bits per heavy atom. The van der Waals surface area contributed by atoms with Crippen molar-refractivity contribution in [2.45, 2.75) is 12.8 Å². The van der Waals surface area contributed by atoms with Crippen LogP contribution in [-0.4, -0.2) is 23.0 Å². The summed E-state index contributed by atoms with van der Waals surface area (Å²) in [5, 5.41) is 3.89. The van der Waals surface area contributed by atoms with Gasteiger partial charge in [-0.25, -0.2) is 5.43 Å². The second-order valence-electron chi connectivity index (χ2n) is 5.98. The van der Waals surface area contributed by atoms with Gasteiger partial charge in [-0.05, 0) is 30.3 Å². The Bertz CT molecular complexity index is 889. The van der Waals surface area contributed by atoms with Crippen LogP contribution in [0.1, 0.15) is 18.4 Å². The fraction of sp³-hybridized carbons (Fsp3) is 0.0909. The Balaban J connectivity index is 1.61. The van der Waals surface area contributed by atoms with E-state index < -0.39 is 0 Å². The first-order chi connectivity index (χ1) is 13.7. The zero-order valence-corrected chi connectivity index (χ0v) is 15.2. The predicted octanol–water partition coefficient (Wildman–Crippen LogP) is 3.68. The molecule has 0 bridgehead atoms. The van der Waals surface area contributed by atoms with Crippen LogP contribution in [0.15, 0.2) is 90.3 Å². The van der Waals surface area contributed by atoms with Gasteiger partial charge >= 0.3 is 0 Å². The maximum absolute atomic E-state index is 12.8. The minimum atomic E-state index is -0.324. The molecule has 0 saturated carbocycles. The molecule has 0 radical (unpaired) electrons. The van der Waals surface area contributed by atoms with E-state index in [0.717, 1.165) is 16.9 Å². The zero-order valence-electron chi connectivity index (χ0n) is 15.2. The summed E-state index contributed by atoms with van der Waals surface area (Å²) in [4.78, 5) is 30.4. The van der Waals surface area contributed by atoms with Crippen molar-refractivity contribution in [2.24, 2.45) is 5.10 Å². The first-order valence-corrected chi connectivity index (χ1v) is 8.89. The van der Waals surface area contributed by atoms with E-state index in [1.54, 1.807) is 23.4 Å². The number of nitrogens with zero attached hydrogens (tertiary/aromatic N) is 3. The van der Waals surface area contributed by atoms with Crippen LogP contribution >= 0.6 is 0 Å². The Hall–Kier alpha value is -3.80. The van der Waals surface area contributed by atoms with E-state index in [-0.39, 0.29) is 24.7 Å². The number of hydrogen-bond acceptors (Lipinski definition) is 4. The monoisotopic (exact) mass is 372 g/mol. The van der Waals surface area contributed by atoms with Gasteiger partial charge in [0.05, 0.1) is 6.21 Å². The number of anilines is 2. The lowest BCUT2D eigenvalue weighted by Crippen LogP contribution is -2.27. The van der Waals surface area contributed by atoms with Gasteiger partial charge in [-0.15, -0.1) is 0 Å². The third kappa shape index (κ3) is 5.35. The molecule has 6 heteroatoms. The number of rotatable bonds is 7. The lowest BCUT2D eigenvalue weighted by molar-refractivity contribution is -0.124. The van der Waals surface area contributed by atoms with E-state index in [1.165, 1.54) is 6.21 Å². The van der Waals surface area contributed by atoms with Crippen LogP contribution in [0.5, 0.6) is 0 Å². The van der Waals surface area contributed by atoms with Crippen molar-refractivity contribution in [3.05, 3.63) is 90.8 Å². The van der Waals surface area contributed by atoms with Gasteiger partial charge < -0.3 is 0 Å². The molecule has 0 unspecified atom stereocenters. The first kappa shape index (κ1) is 19.0. The molecular weight excluding hydrogens is 352 g/mol. The Morgan fingerprint density at radius 1 is 0.893 bits per heavy atom. The van der Waals surface area contributed by atoms with Crippen molar-refractivity contribution < 1.29 is 9.59 Å². The fourth-order valence-corrected chi connectivity index (χ4v) is 2.61. The molecule has 0 fully saturated rings. The maximum Gasteiger partial charge on any atom is 0.240 e. The van der Waals surface area contributed by atoms with E-state index in [9.17, 15) is 9.59 Å². The lowest BCUT2D eigenvalue weighted by Gasteiger charge is -2.23. The van der Waals surface area contributed by atoms with Crippen molar-refractivity contribution in [2.75, 3.05) is 4.90 Å². The largest absolute Gasteiger partial charge is 0.281 e. The third-order valence-corrected chi connectivity index (χ3v) is 3.93. The van der Waals surface area contributed by atoms with Gasteiger partial charge in [0.25, 0.3) is 0 Å². The summed E-state index contributed by atoms with van der Waals surface area (Å²) >= 11 is 0. The molecule has 1 aromatic heterocycles. The number of amides is 2. The second-order valence-corrected chi connectivity index (χ2v) is 5.98. The molecule has 0 spiro atoms. The van der Waals surface area contributed by atoms with Gasteiger partial charge in [-0.3, -0.25) is 19.5 Å². The highest BCUT2D eigenvalue weighted by molar-refractivity contribution is 6.01. The van der Waals surface area contributed by atoms with Gasteiger partial charge in [0.2, 0.25) is 11.8 Å². The number of para-hydroxylation sites is 2. The molecule has 2 amide bonds. The summed E-state index contributed by atoms with van der Waals surface area (Å²) in [6.45, 7) is 0. The summed E-state index contributed by atoms with van der Waals surface area (Å²) in [6, 6.07) is 22.3. The predicted molar refractivity (Wildman–Crippen MR) is 109 cm³/mol. The van der Waals surface area contributed by atoms with Crippen LogP contribution in [0.3, 0.4) is 0 Å². The number of hydrogen-bond donors (Lipinski definition) is 1. The number of aromatic nitrogens is 1. The molecule has 0 saturated heterocycles. The molecule has 1 N–H and O–H groups in total. The minimum absolute atomic E-state index is 0.0411. The average Bonchev–Trinajstić information content (AvgIpc) is 2.75. The minimum Gasteiger partial charge on any atom is -0.281 e. The van der Waals surface area contributed by atoms with Crippen LogP contribution in [0.25, 0.3) is 0 Å². The normalized spacial score (nSPS) is 10.6. The highest BCUT2D eigenvalue weighted by Crippen LogP contribution is 2.26. The summed E-state index contributed by atoms with van der Waals surface area (Å²) in [6.07, 6.45) is 4.91. The number of pyridine rings is 1. The number of benzene rings is 2. The van der Waals surface area contributed by atoms with Crippen LogP contribution < -0.4 is 10.3 Å². The summed E-state index contributed by atoms with van der Waals surface area (Å²) in [5.74, 6) is -0.488. The van der Waals surface area contributed by atoms with Gasteiger partial charge in [-0.2, -0.15) is 5.10 Å². The van der Waals surface area contributed by atoms with E-state index in [1.807, 2.05) is 66.7 Å². The lowest BCUT2D eigenvalue weighted by atomic mass is 10.2. The molecule has 0 aliphatic heterocycles. The first-order valence-electron chi connectivity index (χ1n) is 8.89. The highest BCUT2D eigenvalue weighted by Gasteiger charge is 2.18. The van der Waals surface area contributed by atoms with Gasteiger partial charge in [0.1, 0.15) is 0 Å². The van der Waals surface area contributed by atoms with Crippen LogP contribution in [0.2, 0.25) is 0 Å². The smallest absolute Gasteiger partial charge is 0.240 e. The molecule has 0 aliphatic rings.